The molecule has 1 aliphatic rings. The maximum absolute atomic E-state index is 11.7. The SMILES string of the molecule is NCCCNC(=O)OC[C@@H]1O[C@H](n2ccc(N)nc2=O)CS1. The monoisotopic (exact) mass is 329 g/mol. The van der Waals surface area contributed by atoms with Gasteiger partial charge in [0, 0.05) is 18.5 Å². The smallest absolute Gasteiger partial charge is 0.407 e. The summed E-state index contributed by atoms with van der Waals surface area (Å²) in [5, 5.41) is 2.58. The number of anilines is 1. The second kappa shape index (κ2) is 8.01. The van der Waals surface area contributed by atoms with Crippen LogP contribution < -0.4 is 22.5 Å². The van der Waals surface area contributed by atoms with Crippen LogP contribution >= 0.6 is 11.8 Å². The van der Waals surface area contributed by atoms with Gasteiger partial charge < -0.3 is 26.3 Å². The highest BCUT2D eigenvalue weighted by Gasteiger charge is 2.29. The Labute approximate surface area is 131 Å². The van der Waals surface area contributed by atoms with E-state index in [0.29, 0.717) is 25.3 Å². The first-order chi connectivity index (χ1) is 10.6. The molecule has 1 aromatic rings. The van der Waals surface area contributed by atoms with Crippen LogP contribution in [0.1, 0.15) is 12.6 Å². The Balaban J connectivity index is 1.78. The molecule has 2 heterocycles. The molecular formula is C12H19N5O4S. The topological polar surface area (TPSA) is 134 Å². The van der Waals surface area contributed by atoms with Crippen LogP contribution in [0, 0.1) is 0 Å². The number of alkyl carbamates (subject to hydrolysis) is 1. The van der Waals surface area contributed by atoms with Crippen molar-refractivity contribution < 1.29 is 14.3 Å². The van der Waals surface area contributed by atoms with Gasteiger partial charge in [0.25, 0.3) is 0 Å². The molecule has 1 saturated heterocycles. The summed E-state index contributed by atoms with van der Waals surface area (Å²) in [6, 6.07) is 1.53. The molecule has 1 aliphatic heterocycles. The Morgan fingerprint density at radius 2 is 2.45 bits per heavy atom. The number of hydrogen-bond acceptors (Lipinski definition) is 8. The fourth-order valence-corrected chi connectivity index (χ4v) is 2.80. The zero-order valence-electron chi connectivity index (χ0n) is 11.9. The molecule has 2 atom stereocenters. The standard InChI is InChI=1S/C12H19N5O4S/c13-3-1-4-15-12(19)20-6-10-21-9(7-22-10)17-5-2-8(14)16-11(17)18/h2,5,9-10H,1,3-4,6-7,13H2,(H,15,19)(H2,14,16,18)/t9-,10+/m0/s1. The number of carbonyl (C=O) groups is 1. The highest BCUT2D eigenvalue weighted by Crippen LogP contribution is 2.30. The summed E-state index contributed by atoms with van der Waals surface area (Å²) in [5.74, 6) is 0.731. The molecule has 122 valence electrons. The van der Waals surface area contributed by atoms with Gasteiger partial charge >= 0.3 is 11.8 Å². The summed E-state index contributed by atoms with van der Waals surface area (Å²) in [6.07, 6.45) is 1.28. The van der Waals surface area contributed by atoms with Gasteiger partial charge in [-0.05, 0) is 19.0 Å². The van der Waals surface area contributed by atoms with E-state index in [0.717, 1.165) is 0 Å². The highest BCUT2D eigenvalue weighted by molar-refractivity contribution is 8.00. The number of ether oxygens (including phenoxy) is 2. The number of thioether (sulfide) groups is 1. The van der Waals surface area contributed by atoms with Crippen LogP contribution in [-0.4, -0.2) is 46.5 Å². The minimum atomic E-state index is -0.507. The molecule has 0 bridgehead atoms. The third-order valence-corrected chi connectivity index (χ3v) is 3.99. The predicted molar refractivity (Wildman–Crippen MR) is 82.3 cm³/mol. The van der Waals surface area contributed by atoms with Gasteiger partial charge in [-0.15, -0.1) is 11.8 Å². The molecule has 22 heavy (non-hydrogen) atoms. The Morgan fingerprint density at radius 3 is 3.18 bits per heavy atom. The Bertz CT molecular complexity index is 567. The molecule has 10 heteroatoms. The third kappa shape index (κ3) is 4.61. The molecule has 0 aliphatic carbocycles. The van der Waals surface area contributed by atoms with Crippen LogP contribution in [0.3, 0.4) is 0 Å². The van der Waals surface area contributed by atoms with Crippen LogP contribution in [0.15, 0.2) is 17.1 Å². The number of rotatable bonds is 6. The van der Waals surface area contributed by atoms with Crippen molar-refractivity contribution in [2.45, 2.75) is 18.1 Å². The van der Waals surface area contributed by atoms with E-state index in [2.05, 4.69) is 10.3 Å². The predicted octanol–water partition coefficient (Wildman–Crippen LogP) is -0.511. The van der Waals surface area contributed by atoms with Crippen molar-refractivity contribution >= 4 is 23.7 Å². The van der Waals surface area contributed by atoms with E-state index in [9.17, 15) is 9.59 Å². The lowest BCUT2D eigenvalue weighted by molar-refractivity contribution is -0.0105. The normalized spacial score (nSPS) is 20.8. The first kappa shape index (κ1) is 16.6. The molecular weight excluding hydrogens is 310 g/mol. The molecule has 0 saturated carbocycles. The van der Waals surface area contributed by atoms with Crippen molar-refractivity contribution in [2.24, 2.45) is 5.73 Å². The lowest BCUT2D eigenvalue weighted by Crippen LogP contribution is -2.30. The minimum absolute atomic E-state index is 0.104. The van der Waals surface area contributed by atoms with Gasteiger partial charge in [0.05, 0.1) is 0 Å². The molecule has 0 unspecified atom stereocenters. The molecule has 1 amide bonds. The Kier molecular flexibility index (Phi) is 6.04. The summed E-state index contributed by atoms with van der Waals surface area (Å²) in [7, 11) is 0. The number of nitrogens with two attached hydrogens (primary N) is 2. The summed E-state index contributed by atoms with van der Waals surface area (Å²) in [6.45, 7) is 1.09. The van der Waals surface area contributed by atoms with Gasteiger partial charge in [-0.25, -0.2) is 9.59 Å². The van der Waals surface area contributed by atoms with E-state index in [4.69, 9.17) is 20.9 Å². The van der Waals surface area contributed by atoms with Gasteiger partial charge in [-0.3, -0.25) is 4.57 Å². The number of nitrogens with one attached hydrogen (secondary N) is 1. The molecule has 1 aromatic heterocycles. The summed E-state index contributed by atoms with van der Waals surface area (Å²) < 4.78 is 12.1. The molecule has 5 N–H and O–H groups in total. The minimum Gasteiger partial charge on any atom is -0.446 e. The molecule has 0 radical (unpaired) electrons. The maximum atomic E-state index is 11.7. The second-order valence-electron chi connectivity index (χ2n) is 4.56. The molecule has 0 aromatic carbocycles. The van der Waals surface area contributed by atoms with Gasteiger partial charge in [0.15, 0.2) is 0 Å². The van der Waals surface area contributed by atoms with E-state index >= 15 is 0 Å². The van der Waals surface area contributed by atoms with Crippen LogP contribution in [-0.2, 0) is 9.47 Å². The quantitative estimate of drug-likeness (QED) is 0.594. The number of hydrogen-bond donors (Lipinski definition) is 3. The van der Waals surface area contributed by atoms with Crippen molar-refractivity contribution in [3.8, 4) is 0 Å². The highest BCUT2D eigenvalue weighted by atomic mass is 32.2. The molecule has 9 nitrogen and oxygen atoms in total. The summed E-state index contributed by atoms with van der Waals surface area (Å²) in [4.78, 5) is 26.8. The first-order valence-electron chi connectivity index (χ1n) is 6.82. The van der Waals surface area contributed by atoms with E-state index in [1.807, 2.05) is 0 Å². The number of nitrogens with zero attached hydrogens (tertiary/aromatic N) is 2. The number of aromatic nitrogens is 2. The zero-order chi connectivity index (χ0) is 15.9. The number of amides is 1. The largest absolute Gasteiger partial charge is 0.446 e. The van der Waals surface area contributed by atoms with Gasteiger partial charge in [0.1, 0.15) is 24.1 Å². The van der Waals surface area contributed by atoms with Crippen LogP contribution in [0.2, 0.25) is 0 Å². The number of nitrogen functional groups attached to an aromatic ring is 1. The Hall–Kier alpha value is -1.78. The van der Waals surface area contributed by atoms with Crippen molar-refractivity contribution in [1.29, 1.82) is 0 Å². The first-order valence-corrected chi connectivity index (χ1v) is 7.87. The van der Waals surface area contributed by atoms with E-state index in [-0.39, 0.29) is 17.9 Å². The van der Waals surface area contributed by atoms with Crippen molar-refractivity contribution in [1.82, 2.24) is 14.9 Å². The maximum Gasteiger partial charge on any atom is 0.407 e. The van der Waals surface area contributed by atoms with Gasteiger partial charge in [-0.2, -0.15) is 4.98 Å². The fourth-order valence-electron chi connectivity index (χ4n) is 1.81. The van der Waals surface area contributed by atoms with Crippen LogP contribution in [0.25, 0.3) is 0 Å². The van der Waals surface area contributed by atoms with Crippen molar-refractivity contribution in [3.05, 3.63) is 22.7 Å². The Morgan fingerprint density at radius 1 is 1.64 bits per heavy atom. The lowest BCUT2D eigenvalue weighted by atomic mass is 10.4. The molecule has 0 spiro atoms. The number of carbonyl (C=O) groups excluding carboxylic acids is 1. The van der Waals surface area contributed by atoms with Crippen molar-refractivity contribution in [2.75, 3.05) is 31.2 Å². The van der Waals surface area contributed by atoms with Crippen molar-refractivity contribution in [3.63, 3.8) is 0 Å². The van der Waals surface area contributed by atoms with Crippen LogP contribution in [0.5, 0.6) is 0 Å². The average Bonchev–Trinajstić information content (AvgIpc) is 2.94. The lowest BCUT2D eigenvalue weighted by Gasteiger charge is -2.14. The van der Waals surface area contributed by atoms with E-state index in [1.54, 1.807) is 6.20 Å². The van der Waals surface area contributed by atoms with Gasteiger partial charge in [0.2, 0.25) is 0 Å². The van der Waals surface area contributed by atoms with E-state index in [1.165, 1.54) is 22.4 Å². The summed E-state index contributed by atoms with van der Waals surface area (Å²) in [5.41, 5.74) is 9.98. The third-order valence-electron chi connectivity index (χ3n) is 2.90. The second-order valence-corrected chi connectivity index (χ2v) is 5.76. The summed E-state index contributed by atoms with van der Waals surface area (Å²) >= 11 is 1.46. The molecule has 1 fully saturated rings. The zero-order valence-corrected chi connectivity index (χ0v) is 12.8. The average molecular weight is 329 g/mol. The van der Waals surface area contributed by atoms with Crippen LogP contribution in [0.4, 0.5) is 10.6 Å². The van der Waals surface area contributed by atoms with E-state index < -0.39 is 18.0 Å². The van der Waals surface area contributed by atoms with Gasteiger partial charge in [-0.1, -0.05) is 0 Å². The fraction of sp³-hybridized carbons (Fsp3) is 0.583. The molecule has 2 rings (SSSR count).